The van der Waals surface area contributed by atoms with Crippen molar-refractivity contribution in [2.24, 2.45) is 5.73 Å². The average Bonchev–Trinajstić information content (AvgIpc) is 2.67. The fourth-order valence-electron chi connectivity index (χ4n) is 2.91. The van der Waals surface area contributed by atoms with Gasteiger partial charge in [0.1, 0.15) is 24.5 Å². The van der Waals surface area contributed by atoms with E-state index in [-0.39, 0.29) is 25.4 Å². The second-order valence-corrected chi connectivity index (χ2v) is 6.53. The summed E-state index contributed by atoms with van der Waals surface area (Å²) >= 11 is 6.24. The maximum absolute atomic E-state index is 14.6. The van der Waals surface area contributed by atoms with Crippen LogP contribution in [0.15, 0.2) is 60.7 Å². The van der Waals surface area contributed by atoms with E-state index >= 15 is 0 Å². The number of carbonyl (C=O) groups excluding carboxylic acids is 1. The van der Waals surface area contributed by atoms with Crippen molar-refractivity contribution in [3.8, 4) is 16.9 Å². The third-order valence-electron chi connectivity index (χ3n) is 4.24. The van der Waals surface area contributed by atoms with Gasteiger partial charge in [-0.2, -0.15) is 0 Å². The van der Waals surface area contributed by atoms with Crippen molar-refractivity contribution in [3.05, 3.63) is 88.2 Å². The molecule has 0 radical (unpaired) electrons. The molecule has 0 saturated heterocycles. The van der Waals surface area contributed by atoms with Gasteiger partial charge in [-0.3, -0.25) is 0 Å². The monoisotopic (exact) mass is 383 g/mol. The van der Waals surface area contributed by atoms with E-state index in [1.807, 2.05) is 30.3 Å². The SMILES string of the molecule is NCc1cccc(-c2cc(Cl)cc(COc3ccccc3CC=O)c2)c1F. The number of ether oxygens (including phenoxy) is 1. The highest BCUT2D eigenvalue weighted by Crippen LogP contribution is 2.29. The molecule has 3 aromatic carbocycles. The zero-order valence-corrected chi connectivity index (χ0v) is 15.4. The summed E-state index contributed by atoms with van der Waals surface area (Å²) in [4.78, 5) is 10.8. The second kappa shape index (κ2) is 8.80. The molecule has 0 saturated carbocycles. The summed E-state index contributed by atoms with van der Waals surface area (Å²) in [6, 6.07) is 17.8. The molecule has 27 heavy (non-hydrogen) atoms. The van der Waals surface area contributed by atoms with Crippen LogP contribution in [0.3, 0.4) is 0 Å². The molecule has 3 nitrogen and oxygen atoms in total. The standard InChI is InChI=1S/C22H19ClFNO2/c23-19-11-15(14-27-21-7-2-1-4-16(21)8-9-26)10-18(12-19)20-6-3-5-17(13-25)22(20)24/h1-7,9-12H,8,13-14,25H2. The molecule has 0 atom stereocenters. The van der Waals surface area contributed by atoms with Crippen LogP contribution in [0.1, 0.15) is 16.7 Å². The van der Waals surface area contributed by atoms with Crippen LogP contribution in [-0.4, -0.2) is 6.29 Å². The molecule has 3 aromatic rings. The molecular weight excluding hydrogens is 365 g/mol. The molecule has 5 heteroatoms. The zero-order chi connectivity index (χ0) is 19.2. The van der Waals surface area contributed by atoms with Crippen molar-refractivity contribution in [1.29, 1.82) is 0 Å². The Kier molecular flexibility index (Phi) is 6.22. The van der Waals surface area contributed by atoms with Crippen LogP contribution < -0.4 is 10.5 Å². The van der Waals surface area contributed by atoms with Gasteiger partial charge in [-0.15, -0.1) is 0 Å². The minimum atomic E-state index is -0.342. The number of carbonyl (C=O) groups is 1. The summed E-state index contributed by atoms with van der Waals surface area (Å²) in [7, 11) is 0. The Balaban J connectivity index is 1.88. The first-order valence-corrected chi connectivity index (χ1v) is 8.92. The lowest BCUT2D eigenvalue weighted by Crippen LogP contribution is -2.02. The van der Waals surface area contributed by atoms with Crippen molar-refractivity contribution in [2.45, 2.75) is 19.6 Å². The molecule has 0 fully saturated rings. The number of halogens is 2. The molecule has 3 rings (SSSR count). The minimum absolute atomic E-state index is 0.129. The van der Waals surface area contributed by atoms with Gasteiger partial charge in [0.15, 0.2) is 0 Å². The Morgan fingerprint density at radius 3 is 2.59 bits per heavy atom. The highest BCUT2D eigenvalue weighted by atomic mass is 35.5. The zero-order valence-electron chi connectivity index (χ0n) is 14.6. The molecular formula is C22H19ClFNO2. The lowest BCUT2D eigenvalue weighted by Gasteiger charge is -2.12. The molecule has 0 aliphatic rings. The molecule has 0 spiro atoms. The molecule has 138 valence electrons. The molecule has 0 unspecified atom stereocenters. The molecule has 0 amide bonds. The maximum atomic E-state index is 14.6. The van der Waals surface area contributed by atoms with Crippen LogP contribution in [-0.2, 0) is 24.4 Å². The third-order valence-corrected chi connectivity index (χ3v) is 4.46. The Bertz CT molecular complexity index is 959. The number of hydrogen-bond acceptors (Lipinski definition) is 3. The number of benzene rings is 3. The van der Waals surface area contributed by atoms with Crippen LogP contribution in [0.5, 0.6) is 5.75 Å². The van der Waals surface area contributed by atoms with Gasteiger partial charge >= 0.3 is 0 Å². The predicted molar refractivity (Wildman–Crippen MR) is 105 cm³/mol. The fourth-order valence-corrected chi connectivity index (χ4v) is 3.17. The first-order valence-electron chi connectivity index (χ1n) is 8.54. The van der Waals surface area contributed by atoms with E-state index in [1.165, 1.54) is 0 Å². The van der Waals surface area contributed by atoms with Crippen molar-refractivity contribution >= 4 is 17.9 Å². The van der Waals surface area contributed by atoms with Gasteiger partial charge in [0.05, 0.1) is 0 Å². The quantitative estimate of drug-likeness (QED) is 0.589. The first kappa shape index (κ1) is 19.1. The van der Waals surface area contributed by atoms with Gasteiger partial charge in [-0.25, -0.2) is 4.39 Å². The third kappa shape index (κ3) is 4.54. The van der Waals surface area contributed by atoms with Crippen molar-refractivity contribution in [1.82, 2.24) is 0 Å². The minimum Gasteiger partial charge on any atom is -0.489 e. The summed E-state index contributed by atoms with van der Waals surface area (Å²) < 4.78 is 20.5. The summed E-state index contributed by atoms with van der Waals surface area (Å²) in [6.07, 6.45) is 1.13. The summed E-state index contributed by atoms with van der Waals surface area (Å²) in [6.45, 7) is 0.380. The molecule has 2 N–H and O–H groups in total. The van der Waals surface area contributed by atoms with E-state index in [2.05, 4.69) is 0 Å². The van der Waals surface area contributed by atoms with E-state index < -0.39 is 0 Å². The van der Waals surface area contributed by atoms with Crippen LogP contribution in [0.4, 0.5) is 4.39 Å². The Labute approximate surface area is 162 Å². The Hall–Kier alpha value is -2.69. The van der Waals surface area contributed by atoms with E-state index in [0.717, 1.165) is 17.4 Å². The number of nitrogens with two attached hydrogens (primary N) is 1. The van der Waals surface area contributed by atoms with Gasteiger partial charge in [0.25, 0.3) is 0 Å². The number of aldehydes is 1. The van der Waals surface area contributed by atoms with Gasteiger partial charge in [-0.1, -0.05) is 48.0 Å². The highest BCUT2D eigenvalue weighted by Gasteiger charge is 2.11. The summed E-state index contributed by atoms with van der Waals surface area (Å²) in [5.41, 5.74) is 8.78. The lowest BCUT2D eigenvalue weighted by molar-refractivity contribution is -0.107. The maximum Gasteiger partial charge on any atom is 0.135 e. The second-order valence-electron chi connectivity index (χ2n) is 6.10. The average molecular weight is 384 g/mol. The number of para-hydroxylation sites is 1. The van der Waals surface area contributed by atoms with Crippen LogP contribution in [0, 0.1) is 5.82 Å². The molecule has 0 aromatic heterocycles. The predicted octanol–water partition coefficient (Wildman–Crippen LogP) is 4.93. The summed E-state index contributed by atoms with van der Waals surface area (Å²) in [5, 5.41) is 0.491. The van der Waals surface area contributed by atoms with Gasteiger partial charge in [0, 0.05) is 34.7 Å². The largest absolute Gasteiger partial charge is 0.489 e. The van der Waals surface area contributed by atoms with E-state index in [0.29, 0.717) is 27.5 Å². The topological polar surface area (TPSA) is 52.3 Å². The van der Waals surface area contributed by atoms with E-state index in [4.69, 9.17) is 22.1 Å². The lowest BCUT2D eigenvalue weighted by atomic mass is 10.00. The van der Waals surface area contributed by atoms with Gasteiger partial charge in [-0.05, 0) is 35.4 Å². The molecule has 0 heterocycles. The van der Waals surface area contributed by atoms with Gasteiger partial charge < -0.3 is 15.3 Å². The smallest absolute Gasteiger partial charge is 0.135 e. The Morgan fingerprint density at radius 1 is 1.04 bits per heavy atom. The number of hydrogen-bond donors (Lipinski definition) is 1. The fraction of sp³-hybridized carbons (Fsp3) is 0.136. The van der Waals surface area contributed by atoms with Crippen LogP contribution in [0.25, 0.3) is 11.1 Å². The highest BCUT2D eigenvalue weighted by molar-refractivity contribution is 6.31. The van der Waals surface area contributed by atoms with Crippen molar-refractivity contribution in [2.75, 3.05) is 0 Å². The normalized spacial score (nSPS) is 10.6. The van der Waals surface area contributed by atoms with Crippen LogP contribution >= 0.6 is 11.6 Å². The van der Waals surface area contributed by atoms with E-state index in [9.17, 15) is 9.18 Å². The molecule has 0 aliphatic heterocycles. The van der Waals surface area contributed by atoms with Crippen molar-refractivity contribution in [3.63, 3.8) is 0 Å². The van der Waals surface area contributed by atoms with Crippen molar-refractivity contribution < 1.29 is 13.9 Å². The first-order chi connectivity index (χ1) is 13.1. The van der Waals surface area contributed by atoms with E-state index in [1.54, 1.807) is 30.3 Å². The molecule has 0 bridgehead atoms. The summed E-state index contributed by atoms with van der Waals surface area (Å²) in [5.74, 6) is 0.299. The van der Waals surface area contributed by atoms with Crippen LogP contribution in [0.2, 0.25) is 5.02 Å². The Morgan fingerprint density at radius 2 is 1.81 bits per heavy atom. The molecule has 0 aliphatic carbocycles. The number of rotatable bonds is 7. The van der Waals surface area contributed by atoms with Gasteiger partial charge in [0.2, 0.25) is 0 Å².